The second kappa shape index (κ2) is 11.3. The number of hydrogen-bond acceptors (Lipinski definition) is 5. The topological polar surface area (TPSA) is 76.2 Å². The Morgan fingerprint density at radius 1 is 1.00 bits per heavy atom. The van der Waals surface area contributed by atoms with Crippen molar-refractivity contribution < 1.29 is 23.9 Å². The number of likely N-dealkylation sites (N-methyl/N-ethyl adjacent to an activating group) is 1. The second-order valence-electron chi connectivity index (χ2n) is 7.83. The number of likely N-dealkylation sites (tertiary alicyclic amines) is 1. The zero-order valence-corrected chi connectivity index (χ0v) is 18.7. The Kier molecular flexibility index (Phi) is 8.25. The monoisotopic (exact) mass is 438 g/mol. The highest BCUT2D eigenvalue weighted by atomic mass is 16.5. The van der Waals surface area contributed by atoms with Gasteiger partial charge in [0.25, 0.3) is 5.91 Å². The van der Waals surface area contributed by atoms with Crippen molar-refractivity contribution in [3.63, 3.8) is 0 Å². The third-order valence-corrected chi connectivity index (χ3v) is 5.57. The molecule has 0 atom stereocenters. The Bertz CT molecular complexity index is 923. The Labute approximate surface area is 188 Å². The van der Waals surface area contributed by atoms with E-state index < -0.39 is 0 Å². The van der Waals surface area contributed by atoms with Gasteiger partial charge in [0.15, 0.2) is 0 Å². The van der Waals surface area contributed by atoms with Crippen LogP contribution in [-0.2, 0) is 20.9 Å². The number of piperidine rings is 1. The molecule has 1 heterocycles. The molecule has 2 aromatic carbocycles. The minimum absolute atomic E-state index is 0.0171. The third kappa shape index (κ3) is 6.09. The van der Waals surface area contributed by atoms with Gasteiger partial charge in [-0.05, 0) is 38.0 Å². The maximum atomic E-state index is 13.0. The SMILES string of the molecule is CCOC(=O)C1CCN(C(=O)CN(C)C(=O)c2ccccc2COc2ccccc2)CC1. The van der Waals surface area contributed by atoms with Crippen LogP contribution in [0.4, 0.5) is 0 Å². The molecule has 0 spiro atoms. The van der Waals surface area contributed by atoms with Crippen molar-refractivity contribution in [2.24, 2.45) is 5.92 Å². The summed E-state index contributed by atoms with van der Waals surface area (Å²) in [7, 11) is 1.63. The van der Waals surface area contributed by atoms with Gasteiger partial charge in [0, 0.05) is 31.3 Å². The molecule has 2 amide bonds. The summed E-state index contributed by atoms with van der Waals surface area (Å²) < 4.78 is 10.9. The standard InChI is InChI=1S/C25H30N2O5/c1-3-31-25(30)19-13-15-27(16-14-19)23(28)17-26(2)24(29)22-12-8-7-9-20(22)18-32-21-10-5-4-6-11-21/h4-12,19H,3,13-18H2,1-2H3. The maximum absolute atomic E-state index is 13.0. The quantitative estimate of drug-likeness (QED) is 0.592. The van der Waals surface area contributed by atoms with Crippen LogP contribution in [-0.4, -0.2) is 60.9 Å². The molecule has 0 bridgehead atoms. The maximum Gasteiger partial charge on any atom is 0.309 e. The van der Waals surface area contributed by atoms with E-state index in [1.165, 1.54) is 4.90 Å². The van der Waals surface area contributed by atoms with Crippen LogP contribution in [0.15, 0.2) is 54.6 Å². The van der Waals surface area contributed by atoms with E-state index in [9.17, 15) is 14.4 Å². The molecule has 0 aromatic heterocycles. The molecule has 170 valence electrons. The van der Waals surface area contributed by atoms with Gasteiger partial charge in [0.05, 0.1) is 19.1 Å². The number of ether oxygens (including phenoxy) is 2. The Balaban J connectivity index is 1.55. The van der Waals surface area contributed by atoms with Crippen molar-refractivity contribution in [2.45, 2.75) is 26.4 Å². The molecule has 32 heavy (non-hydrogen) atoms. The van der Waals surface area contributed by atoms with Crippen LogP contribution in [0.25, 0.3) is 0 Å². The van der Waals surface area contributed by atoms with Gasteiger partial charge in [-0.1, -0.05) is 36.4 Å². The predicted octanol–water partition coefficient (Wildman–Crippen LogP) is 3.14. The average molecular weight is 439 g/mol. The van der Waals surface area contributed by atoms with Crippen LogP contribution in [0.1, 0.15) is 35.7 Å². The van der Waals surface area contributed by atoms with Crippen molar-refractivity contribution in [1.29, 1.82) is 0 Å². The summed E-state index contributed by atoms with van der Waals surface area (Å²) in [6, 6.07) is 16.7. The molecule has 1 fully saturated rings. The fraction of sp³-hybridized carbons (Fsp3) is 0.400. The summed E-state index contributed by atoms with van der Waals surface area (Å²) in [5, 5.41) is 0. The smallest absolute Gasteiger partial charge is 0.309 e. The number of carbonyl (C=O) groups is 3. The van der Waals surface area contributed by atoms with Gasteiger partial charge in [0.1, 0.15) is 12.4 Å². The van der Waals surface area contributed by atoms with Gasteiger partial charge < -0.3 is 19.3 Å². The third-order valence-electron chi connectivity index (χ3n) is 5.57. The molecule has 1 saturated heterocycles. The van der Waals surface area contributed by atoms with Crippen LogP contribution in [0.5, 0.6) is 5.75 Å². The molecule has 7 heteroatoms. The Hall–Kier alpha value is -3.35. The molecule has 7 nitrogen and oxygen atoms in total. The number of hydrogen-bond donors (Lipinski definition) is 0. The molecule has 3 rings (SSSR count). The lowest BCUT2D eigenvalue weighted by molar-refractivity contribution is -0.151. The van der Waals surface area contributed by atoms with Crippen molar-refractivity contribution in [3.8, 4) is 5.75 Å². The summed E-state index contributed by atoms with van der Waals surface area (Å²) >= 11 is 0. The molecule has 1 aliphatic rings. The minimum Gasteiger partial charge on any atom is -0.489 e. The molecule has 1 aliphatic heterocycles. The lowest BCUT2D eigenvalue weighted by atomic mass is 9.97. The second-order valence-corrected chi connectivity index (χ2v) is 7.83. The van der Waals surface area contributed by atoms with Crippen molar-refractivity contribution in [1.82, 2.24) is 9.80 Å². The molecule has 0 unspecified atom stereocenters. The van der Waals surface area contributed by atoms with Gasteiger partial charge in [-0.2, -0.15) is 0 Å². The summed E-state index contributed by atoms with van der Waals surface area (Å²) in [4.78, 5) is 40.8. The van der Waals surface area contributed by atoms with E-state index in [-0.39, 0.29) is 36.9 Å². The number of benzene rings is 2. The van der Waals surface area contributed by atoms with E-state index in [2.05, 4.69) is 0 Å². The predicted molar refractivity (Wildman–Crippen MR) is 120 cm³/mol. The van der Waals surface area contributed by atoms with Crippen molar-refractivity contribution in [3.05, 3.63) is 65.7 Å². The van der Waals surface area contributed by atoms with Crippen LogP contribution < -0.4 is 4.74 Å². The first kappa shape index (κ1) is 23.3. The summed E-state index contributed by atoms with van der Waals surface area (Å²) in [5.74, 6) is 0.0220. The summed E-state index contributed by atoms with van der Waals surface area (Å²) in [6.07, 6.45) is 1.17. The van der Waals surface area contributed by atoms with Crippen molar-refractivity contribution >= 4 is 17.8 Å². The molecular weight excluding hydrogens is 408 g/mol. The van der Waals surface area contributed by atoms with Gasteiger partial charge in [-0.25, -0.2) is 0 Å². The zero-order valence-electron chi connectivity index (χ0n) is 18.7. The Morgan fingerprint density at radius 2 is 1.66 bits per heavy atom. The Morgan fingerprint density at radius 3 is 2.34 bits per heavy atom. The van der Waals surface area contributed by atoms with Gasteiger partial charge in [-0.3, -0.25) is 14.4 Å². The highest BCUT2D eigenvalue weighted by Crippen LogP contribution is 2.20. The van der Waals surface area contributed by atoms with Gasteiger partial charge in [-0.15, -0.1) is 0 Å². The van der Waals surface area contributed by atoms with E-state index in [1.54, 1.807) is 31.0 Å². The number of esters is 1. The fourth-order valence-corrected chi connectivity index (χ4v) is 3.74. The largest absolute Gasteiger partial charge is 0.489 e. The number of rotatable bonds is 8. The molecule has 0 saturated carbocycles. The summed E-state index contributed by atoms with van der Waals surface area (Å²) in [6.45, 7) is 3.38. The van der Waals surface area contributed by atoms with Crippen LogP contribution in [0.2, 0.25) is 0 Å². The van der Waals surface area contributed by atoms with Crippen LogP contribution in [0.3, 0.4) is 0 Å². The average Bonchev–Trinajstić information content (AvgIpc) is 2.83. The van der Waals surface area contributed by atoms with E-state index in [0.717, 1.165) is 11.3 Å². The number of carbonyl (C=O) groups excluding carboxylic acids is 3. The number of amides is 2. The van der Waals surface area contributed by atoms with Gasteiger partial charge >= 0.3 is 5.97 Å². The lowest BCUT2D eigenvalue weighted by Gasteiger charge is -2.32. The van der Waals surface area contributed by atoms with E-state index in [4.69, 9.17) is 9.47 Å². The minimum atomic E-state index is -0.230. The molecule has 2 aromatic rings. The molecular formula is C25H30N2O5. The molecule has 0 N–H and O–H groups in total. The number of para-hydroxylation sites is 1. The first-order valence-corrected chi connectivity index (χ1v) is 10.9. The normalized spacial score (nSPS) is 14.0. The lowest BCUT2D eigenvalue weighted by Crippen LogP contribution is -2.45. The molecule has 0 radical (unpaired) electrons. The van der Waals surface area contributed by atoms with Crippen LogP contribution in [0, 0.1) is 5.92 Å². The summed E-state index contributed by atoms with van der Waals surface area (Å²) in [5.41, 5.74) is 1.27. The van der Waals surface area contributed by atoms with Crippen molar-refractivity contribution in [2.75, 3.05) is 33.3 Å². The number of nitrogens with zero attached hydrogens (tertiary/aromatic N) is 2. The fourth-order valence-electron chi connectivity index (χ4n) is 3.74. The first-order chi connectivity index (χ1) is 15.5. The van der Waals surface area contributed by atoms with Gasteiger partial charge in [0.2, 0.25) is 5.91 Å². The van der Waals surface area contributed by atoms with Crippen LogP contribution >= 0.6 is 0 Å². The highest BCUT2D eigenvalue weighted by molar-refractivity contribution is 5.97. The zero-order chi connectivity index (χ0) is 22.9. The van der Waals surface area contributed by atoms with E-state index in [0.29, 0.717) is 38.1 Å². The van der Waals surface area contributed by atoms with E-state index in [1.807, 2.05) is 42.5 Å². The first-order valence-electron chi connectivity index (χ1n) is 10.9. The molecule has 0 aliphatic carbocycles. The highest BCUT2D eigenvalue weighted by Gasteiger charge is 2.29. The van der Waals surface area contributed by atoms with E-state index >= 15 is 0 Å².